The van der Waals surface area contributed by atoms with Gasteiger partial charge in [-0.1, -0.05) is 61.2 Å². The predicted molar refractivity (Wildman–Crippen MR) is 121 cm³/mol. The van der Waals surface area contributed by atoms with Crippen LogP contribution in [0.3, 0.4) is 0 Å². The summed E-state index contributed by atoms with van der Waals surface area (Å²) >= 11 is 0. The highest BCUT2D eigenvalue weighted by atomic mass is 19.2. The van der Waals surface area contributed by atoms with Crippen LogP contribution in [0, 0.1) is 23.3 Å². The Morgan fingerprint density at radius 2 is 1.15 bits per heavy atom. The highest BCUT2D eigenvalue weighted by molar-refractivity contribution is 5.66. The largest absolute Gasteiger partial charge is 0.368 e. The lowest BCUT2D eigenvalue weighted by atomic mass is 9.75. The van der Waals surface area contributed by atoms with Gasteiger partial charge in [-0.05, 0) is 59.8 Å². The van der Waals surface area contributed by atoms with E-state index in [-0.39, 0.29) is 29.1 Å². The molecule has 0 N–H and O–H groups in total. The monoisotopic (exact) mass is 452 g/mol. The molecule has 5 heteroatoms. The molecule has 1 aliphatic carbocycles. The minimum absolute atomic E-state index is 0.138. The quantitative estimate of drug-likeness (QED) is 0.282. The summed E-state index contributed by atoms with van der Waals surface area (Å²) in [4.78, 5) is 0. The van der Waals surface area contributed by atoms with Gasteiger partial charge in [-0.3, -0.25) is 0 Å². The zero-order valence-corrected chi connectivity index (χ0v) is 18.1. The van der Waals surface area contributed by atoms with Gasteiger partial charge in [0.25, 0.3) is 0 Å². The molecule has 1 saturated carbocycles. The van der Waals surface area contributed by atoms with Gasteiger partial charge in [-0.25, -0.2) is 17.6 Å². The Kier molecular flexibility index (Phi) is 5.83. The van der Waals surface area contributed by atoms with Gasteiger partial charge in [0.15, 0.2) is 23.3 Å². The maximum Gasteiger partial charge on any atom is 0.166 e. The lowest BCUT2D eigenvalue weighted by Crippen LogP contribution is -2.15. The third kappa shape index (κ3) is 4.10. The average Bonchev–Trinajstić information content (AvgIpc) is 3.68. The molecule has 1 atom stereocenters. The first-order valence-electron chi connectivity index (χ1n) is 11.3. The minimum atomic E-state index is -0.855. The number of rotatable bonds is 5. The lowest BCUT2D eigenvalue weighted by molar-refractivity contribution is 0.367. The Balaban J connectivity index is 1.32. The molecule has 1 nitrogen and oxygen atoms in total. The van der Waals surface area contributed by atoms with Gasteiger partial charge in [-0.15, -0.1) is 0 Å². The fraction of sp³-hybridized carbons (Fsp3) is 0.286. The van der Waals surface area contributed by atoms with E-state index in [0.29, 0.717) is 49.0 Å². The van der Waals surface area contributed by atoms with Crippen LogP contribution in [0.25, 0.3) is 17.2 Å². The Bertz CT molecular complexity index is 1190. The van der Waals surface area contributed by atoms with Crippen molar-refractivity contribution in [1.29, 1.82) is 0 Å². The van der Waals surface area contributed by atoms with Crippen molar-refractivity contribution in [3.8, 4) is 11.1 Å². The topological polar surface area (TPSA) is 12.5 Å². The molecule has 1 aliphatic heterocycles. The van der Waals surface area contributed by atoms with Crippen molar-refractivity contribution in [2.24, 2.45) is 0 Å². The molecule has 3 aromatic carbocycles. The van der Waals surface area contributed by atoms with E-state index in [1.165, 1.54) is 0 Å². The molecule has 1 saturated heterocycles. The van der Waals surface area contributed by atoms with E-state index in [2.05, 4.69) is 6.58 Å². The summed E-state index contributed by atoms with van der Waals surface area (Å²) in [6.45, 7) is 4.12. The van der Waals surface area contributed by atoms with Crippen LogP contribution < -0.4 is 0 Å². The second-order valence-electron chi connectivity index (χ2n) is 8.90. The van der Waals surface area contributed by atoms with Gasteiger partial charge >= 0.3 is 0 Å². The molecule has 1 heterocycles. The van der Waals surface area contributed by atoms with E-state index in [1.54, 1.807) is 54.6 Å². The van der Waals surface area contributed by atoms with Crippen molar-refractivity contribution in [3.05, 3.63) is 101 Å². The zero-order chi connectivity index (χ0) is 23.1. The molecule has 2 aliphatic rings. The molecule has 2 fully saturated rings. The maximum atomic E-state index is 15.0. The maximum absolute atomic E-state index is 15.0. The van der Waals surface area contributed by atoms with Gasteiger partial charge in [-0.2, -0.15) is 0 Å². The summed E-state index contributed by atoms with van der Waals surface area (Å²) in [5.41, 5.74) is 2.70. The number of halogens is 4. The summed E-state index contributed by atoms with van der Waals surface area (Å²) in [5, 5.41) is 0. The first-order chi connectivity index (χ1) is 16.0. The van der Waals surface area contributed by atoms with E-state index < -0.39 is 23.3 Å². The van der Waals surface area contributed by atoms with Crippen LogP contribution in [0.15, 0.2) is 55.1 Å². The Hall–Kier alpha value is -2.92. The zero-order valence-electron chi connectivity index (χ0n) is 18.1. The standard InChI is InChI=1S/C28H24F4O/c1-2-16-3-5-17(6-4-16)20-11-12-21(26(30)25(20)29)18-7-9-19(10-8-18)22-13-14-23(24-15-33-24)28(32)27(22)31/h2-6,11-14,18-19,24H,1,7-10,15H2. The Morgan fingerprint density at radius 1 is 0.667 bits per heavy atom. The van der Waals surface area contributed by atoms with Crippen LogP contribution in [0.1, 0.15) is 65.9 Å². The lowest BCUT2D eigenvalue weighted by Gasteiger charge is -2.30. The fourth-order valence-electron chi connectivity index (χ4n) is 4.99. The van der Waals surface area contributed by atoms with Crippen molar-refractivity contribution < 1.29 is 22.3 Å². The first-order valence-corrected chi connectivity index (χ1v) is 11.3. The summed E-state index contributed by atoms with van der Waals surface area (Å²) in [6, 6.07) is 13.6. The number of hydrogen-bond donors (Lipinski definition) is 0. The second kappa shape index (κ2) is 8.79. The van der Waals surface area contributed by atoms with Gasteiger partial charge < -0.3 is 4.74 Å². The minimum Gasteiger partial charge on any atom is -0.368 e. The van der Waals surface area contributed by atoms with Crippen molar-refractivity contribution >= 4 is 6.08 Å². The summed E-state index contributed by atoms with van der Waals surface area (Å²) < 4.78 is 64.1. The molecule has 33 heavy (non-hydrogen) atoms. The van der Waals surface area contributed by atoms with Crippen molar-refractivity contribution in [2.75, 3.05) is 6.61 Å². The van der Waals surface area contributed by atoms with Crippen molar-refractivity contribution in [3.63, 3.8) is 0 Å². The van der Waals surface area contributed by atoms with Gasteiger partial charge in [0, 0.05) is 11.1 Å². The normalized spacial score (nSPS) is 22.2. The SMILES string of the molecule is C=Cc1ccc(-c2ccc(C3CCC(c4ccc(C5CO5)c(F)c4F)CC3)c(F)c2F)cc1. The molecule has 5 rings (SSSR count). The Morgan fingerprint density at radius 3 is 1.70 bits per heavy atom. The molecule has 3 aromatic rings. The average molecular weight is 452 g/mol. The van der Waals surface area contributed by atoms with E-state index >= 15 is 4.39 Å². The van der Waals surface area contributed by atoms with Crippen LogP contribution in [-0.2, 0) is 4.74 Å². The second-order valence-corrected chi connectivity index (χ2v) is 8.90. The van der Waals surface area contributed by atoms with E-state index in [1.807, 2.05) is 0 Å². The Labute approximate surface area is 190 Å². The highest BCUT2D eigenvalue weighted by Gasteiger charge is 2.33. The highest BCUT2D eigenvalue weighted by Crippen LogP contribution is 2.44. The van der Waals surface area contributed by atoms with Gasteiger partial charge in [0.2, 0.25) is 0 Å². The molecule has 0 amide bonds. The number of epoxide rings is 1. The summed E-state index contributed by atoms with van der Waals surface area (Å²) in [5.74, 6) is -3.61. The van der Waals surface area contributed by atoms with Crippen LogP contribution in [-0.4, -0.2) is 6.61 Å². The van der Waals surface area contributed by atoms with E-state index in [9.17, 15) is 13.2 Å². The van der Waals surface area contributed by atoms with Crippen molar-refractivity contribution in [1.82, 2.24) is 0 Å². The molecular formula is C28H24F4O. The third-order valence-corrected chi connectivity index (χ3v) is 7.00. The van der Waals surface area contributed by atoms with Gasteiger partial charge in [0.1, 0.15) is 6.10 Å². The first kappa shape index (κ1) is 21.9. The number of ether oxygens (including phenoxy) is 1. The molecule has 0 spiro atoms. The van der Waals surface area contributed by atoms with Crippen molar-refractivity contribution in [2.45, 2.75) is 43.6 Å². The summed E-state index contributed by atoms with van der Waals surface area (Å²) in [7, 11) is 0. The van der Waals surface area contributed by atoms with Crippen LogP contribution >= 0.6 is 0 Å². The summed E-state index contributed by atoms with van der Waals surface area (Å²) in [6.07, 6.45) is 3.70. The molecule has 0 radical (unpaired) electrons. The molecule has 170 valence electrons. The smallest absolute Gasteiger partial charge is 0.166 e. The predicted octanol–water partition coefficient (Wildman–Crippen LogP) is 8.07. The fourth-order valence-corrected chi connectivity index (χ4v) is 4.99. The van der Waals surface area contributed by atoms with E-state index in [4.69, 9.17) is 4.74 Å². The van der Waals surface area contributed by atoms with Crippen LogP contribution in [0.5, 0.6) is 0 Å². The van der Waals surface area contributed by atoms with Gasteiger partial charge in [0.05, 0.1) is 6.61 Å². The van der Waals surface area contributed by atoms with Crippen LogP contribution in [0.4, 0.5) is 17.6 Å². The molecule has 0 bridgehead atoms. The van der Waals surface area contributed by atoms with E-state index in [0.717, 1.165) is 5.56 Å². The van der Waals surface area contributed by atoms with Crippen LogP contribution in [0.2, 0.25) is 0 Å². The molecular weight excluding hydrogens is 428 g/mol. The number of benzene rings is 3. The third-order valence-electron chi connectivity index (χ3n) is 7.00. The molecule has 0 aromatic heterocycles. The number of hydrogen-bond acceptors (Lipinski definition) is 1. The molecule has 1 unspecified atom stereocenters.